The lowest BCUT2D eigenvalue weighted by Gasteiger charge is -2.33. The summed E-state index contributed by atoms with van der Waals surface area (Å²) in [6, 6.07) is 9.18. The standard InChI is InChI=1S/C18H15N3O3S2/c1-19-16(22)15-8-21(13-4-2-3-5-14(13)24-15)18(23)12-10-26-17(20-12)11-6-7-25-9-11/h2-7,9-10,15H,8H2,1H3,(H,19,22)/t15-/m0/s1. The zero-order valence-corrected chi connectivity index (χ0v) is 15.5. The molecule has 6 nitrogen and oxygen atoms in total. The molecule has 0 aliphatic carbocycles. The van der Waals surface area contributed by atoms with E-state index < -0.39 is 6.10 Å². The second-order valence-electron chi connectivity index (χ2n) is 5.65. The van der Waals surface area contributed by atoms with Gasteiger partial charge in [0.15, 0.2) is 6.10 Å². The largest absolute Gasteiger partial charge is 0.477 e. The van der Waals surface area contributed by atoms with Crippen molar-refractivity contribution in [1.82, 2.24) is 10.3 Å². The maximum absolute atomic E-state index is 13.1. The van der Waals surface area contributed by atoms with Gasteiger partial charge in [-0.25, -0.2) is 4.98 Å². The van der Waals surface area contributed by atoms with E-state index in [2.05, 4.69) is 10.3 Å². The number of amides is 2. The van der Waals surface area contributed by atoms with Gasteiger partial charge in [0.1, 0.15) is 16.5 Å². The van der Waals surface area contributed by atoms with Crippen LogP contribution in [0.4, 0.5) is 5.69 Å². The first-order valence-electron chi connectivity index (χ1n) is 7.94. The Hall–Kier alpha value is -2.71. The summed E-state index contributed by atoms with van der Waals surface area (Å²) in [7, 11) is 1.55. The van der Waals surface area contributed by atoms with Crippen LogP contribution in [0.2, 0.25) is 0 Å². The number of fused-ring (bicyclic) bond motifs is 1. The maximum Gasteiger partial charge on any atom is 0.278 e. The van der Waals surface area contributed by atoms with Gasteiger partial charge in [-0.3, -0.25) is 14.5 Å². The summed E-state index contributed by atoms with van der Waals surface area (Å²) in [4.78, 5) is 31.2. The molecule has 2 amide bonds. The number of carbonyl (C=O) groups is 2. The van der Waals surface area contributed by atoms with Gasteiger partial charge in [-0.15, -0.1) is 11.3 Å². The van der Waals surface area contributed by atoms with Gasteiger partial charge < -0.3 is 10.1 Å². The van der Waals surface area contributed by atoms with Crippen LogP contribution in [0.25, 0.3) is 10.6 Å². The predicted octanol–water partition coefficient (Wildman–Crippen LogP) is 3.03. The van der Waals surface area contributed by atoms with Crippen LogP contribution in [-0.2, 0) is 4.79 Å². The van der Waals surface area contributed by atoms with E-state index in [0.717, 1.165) is 10.6 Å². The fourth-order valence-electron chi connectivity index (χ4n) is 2.75. The lowest BCUT2D eigenvalue weighted by molar-refractivity contribution is -0.127. The highest BCUT2D eigenvalue weighted by Gasteiger charge is 2.34. The van der Waals surface area contributed by atoms with Crippen LogP contribution in [-0.4, -0.2) is 36.5 Å². The van der Waals surface area contributed by atoms with Crippen molar-refractivity contribution in [2.75, 3.05) is 18.5 Å². The number of ether oxygens (including phenoxy) is 1. The molecule has 0 bridgehead atoms. The lowest BCUT2D eigenvalue weighted by Crippen LogP contribution is -2.50. The highest BCUT2D eigenvalue weighted by Crippen LogP contribution is 2.35. The smallest absolute Gasteiger partial charge is 0.278 e. The molecule has 1 aromatic carbocycles. The Bertz CT molecular complexity index is 952. The topological polar surface area (TPSA) is 71.5 Å². The Morgan fingerprint density at radius 3 is 2.88 bits per heavy atom. The molecular formula is C18H15N3O3S2. The molecule has 0 saturated carbocycles. The third-order valence-corrected chi connectivity index (χ3v) is 5.62. The molecule has 3 heterocycles. The number of hydrogen-bond acceptors (Lipinski definition) is 6. The number of thiophene rings is 1. The van der Waals surface area contributed by atoms with E-state index in [-0.39, 0.29) is 18.4 Å². The van der Waals surface area contributed by atoms with Crippen molar-refractivity contribution in [3.63, 3.8) is 0 Å². The number of thiazole rings is 1. The minimum Gasteiger partial charge on any atom is -0.477 e. The van der Waals surface area contributed by atoms with E-state index in [1.54, 1.807) is 40.8 Å². The molecule has 8 heteroatoms. The number of para-hydroxylation sites is 2. The number of nitrogens with zero attached hydrogens (tertiary/aromatic N) is 2. The first-order valence-corrected chi connectivity index (χ1v) is 9.77. The molecule has 0 radical (unpaired) electrons. The second-order valence-corrected chi connectivity index (χ2v) is 7.29. The van der Waals surface area contributed by atoms with Crippen LogP contribution in [0.5, 0.6) is 5.75 Å². The molecule has 0 spiro atoms. The van der Waals surface area contributed by atoms with Gasteiger partial charge in [0.25, 0.3) is 11.8 Å². The molecule has 3 aromatic rings. The third kappa shape index (κ3) is 2.97. The van der Waals surface area contributed by atoms with Gasteiger partial charge in [-0.2, -0.15) is 11.3 Å². The number of benzene rings is 1. The quantitative estimate of drug-likeness (QED) is 0.752. The van der Waals surface area contributed by atoms with Crippen molar-refractivity contribution in [2.45, 2.75) is 6.10 Å². The Balaban J connectivity index is 1.67. The van der Waals surface area contributed by atoms with E-state index in [9.17, 15) is 9.59 Å². The number of rotatable bonds is 3. The molecular weight excluding hydrogens is 370 g/mol. The number of carbonyl (C=O) groups excluding carboxylic acids is 2. The maximum atomic E-state index is 13.1. The average molecular weight is 385 g/mol. The molecule has 1 aliphatic rings. The van der Waals surface area contributed by atoms with Gasteiger partial charge in [0.2, 0.25) is 0 Å². The Kier molecular flexibility index (Phi) is 4.44. The summed E-state index contributed by atoms with van der Waals surface area (Å²) >= 11 is 3.02. The van der Waals surface area contributed by atoms with E-state index in [1.807, 2.05) is 29.0 Å². The van der Waals surface area contributed by atoms with E-state index in [0.29, 0.717) is 17.1 Å². The minimum atomic E-state index is -0.756. The van der Waals surface area contributed by atoms with Crippen LogP contribution in [0.1, 0.15) is 10.5 Å². The molecule has 1 aliphatic heterocycles. The van der Waals surface area contributed by atoms with Crippen molar-refractivity contribution in [3.05, 3.63) is 52.2 Å². The summed E-state index contributed by atoms with van der Waals surface area (Å²) in [5.74, 6) is -0.00378. The minimum absolute atomic E-state index is 0.140. The van der Waals surface area contributed by atoms with Gasteiger partial charge in [0.05, 0.1) is 12.2 Å². The van der Waals surface area contributed by atoms with Crippen LogP contribution < -0.4 is 15.0 Å². The zero-order chi connectivity index (χ0) is 18.1. The summed E-state index contributed by atoms with van der Waals surface area (Å²) in [5, 5.41) is 9.11. The van der Waals surface area contributed by atoms with Crippen molar-refractivity contribution in [3.8, 4) is 16.3 Å². The second kappa shape index (κ2) is 6.89. The molecule has 0 fully saturated rings. The monoisotopic (exact) mass is 385 g/mol. The zero-order valence-electron chi connectivity index (χ0n) is 13.8. The average Bonchev–Trinajstić information content (AvgIpc) is 3.37. The first kappa shape index (κ1) is 16.7. The molecule has 2 aromatic heterocycles. The molecule has 1 N–H and O–H groups in total. The predicted molar refractivity (Wildman–Crippen MR) is 102 cm³/mol. The number of anilines is 1. The molecule has 0 unspecified atom stereocenters. The van der Waals surface area contributed by atoms with Gasteiger partial charge in [-0.1, -0.05) is 12.1 Å². The van der Waals surface area contributed by atoms with Crippen molar-refractivity contribution in [1.29, 1.82) is 0 Å². The summed E-state index contributed by atoms with van der Waals surface area (Å²) in [5.41, 5.74) is 2.01. The normalized spacial score (nSPS) is 15.9. The van der Waals surface area contributed by atoms with Gasteiger partial charge in [0, 0.05) is 23.4 Å². The van der Waals surface area contributed by atoms with E-state index in [1.165, 1.54) is 11.3 Å². The molecule has 26 heavy (non-hydrogen) atoms. The highest BCUT2D eigenvalue weighted by molar-refractivity contribution is 7.14. The fraction of sp³-hybridized carbons (Fsp3) is 0.167. The fourth-order valence-corrected chi connectivity index (χ4v) is 4.26. The Morgan fingerprint density at radius 2 is 2.12 bits per heavy atom. The number of nitrogens with one attached hydrogen (secondary N) is 1. The van der Waals surface area contributed by atoms with Crippen molar-refractivity contribution in [2.24, 2.45) is 0 Å². The number of likely N-dealkylation sites (N-methyl/N-ethyl adjacent to an activating group) is 1. The molecule has 4 rings (SSSR count). The number of aromatic nitrogens is 1. The highest BCUT2D eigenvalue weighted by atomic mass is 32.1. The van der Waals surface area contributed by atoms with Crippen molar-refractivity contribution >= 4 is 40.2 Å². The van der Waals surface area contributed by atoms with Crippen LogP contribution in [0.15, 0.2) is 46.5 Å². The van der Waals surface area contributed by atoms with Gasteiger partial charge >= 0.3 is 0 Å². The summed E-state index contributed by atoms with van der Waals surface area (Å²) < 4.78 is 5.74. The van der Waals surface area contributed by atoms with E-state index in [4.69, 9.17) is 4.74 Å². The SMILES string of the molecule is CNC(=O)[C@@H]1CN(C(=O)c2csc(-c3ccsc3)n2)c2ccccc2O1. The van der Waals surface area contributed by atoms with Crippen LogP contribution in [0.3, 0.4) is 0 Å². The summed E-state index contributed by atoms with van der Waals surface area (Å²) in [6.45, 7) is 0.140. The Labute approximate surface area is 158 Å². The Morgan fingerprint density at radius 1 is 1.27 bits per heavy atom. The van der Waals surface area contributed by atoms with E-state index >= 15 is 0 Å². The summed E-state index contributed by atoms with van der Waals surface area (Å²) in [6.07, 6.45) is -0.756. The number of hydrogen-bond donors (Lipinski definition) is 1. The van der Waals surface area contributed by atoms with Crippen LogP contribution >= 0.6 is 22.7 Å². The molecule has 1 atom stereocenters. The van der Waals surface area contributed by atoms with Crippen LogP contribution in [0, 0.1) is 0 Å². The third-order valence-electron chi connectivity index (χ3n) is 4.05. The van der Waals surface area contributed by atoms with Gasteiger partial charge in [-0.05, 0) is 23.6 Å². The molecule has 0 saturated heterocycles. The molecule has 132 valence electrons. The lowest BCUT2D eigenvalue weighted by atomic mass is 10.1. The first-order chi connectivity index (χ1) is 12.7. The van der Waals surface area contributed by atoms with Crippen molar-refractivity contribution < 1.29 is 14.3 Å².